The van der Waals surface area contributed by atoms with Crippen molar-refractivity contribution in [2.75, 3.05) is 18.4 Å². The van der Waals surface area contributed by atoms with Gasteiger partial charge in [-0.15, -0.1) is 0 Å². The fraction of sp³-hybridized carbons (Fsp3) is 0.300. The van der Waals surface area contributed by atoms with Crippen LogP contribution in [0.25, 0.3) is 11.0 Å². The molecular formula is C20H23FN4O2. The molecule has 1 atom stereocenters. The number of benzene rings is 2. The van der Waals surface area contributed by atoms with Crippen molar-refractivity contribution in [1.82, 2.24) is 14.9 Å². The quantitative estimate of drug-likeness (QED) is 0.569. The number of rotatable bonds is 8. The van der Waals surface area contributed by atoms with Crippen LogP contribution in [0.5, 0.6) is 0 Å². The number of para-hydroxylation sites is 2. The third kappa shape index (κ3) is 5.04. The summed E-state index contributed by atoms with van der Waals surface area (Å²) in [6.45, 7) is 2.61. The fourth-order valence-electron chi connectivity index (χ4n) is 2.81. The lowest BCUT2D eigenvalue weighted by Gasteiger charge is -2.12. The minimum absolute atomic E-state index is 0.117. The molecule has 1 amide bonds. The van der Waals surface area contributed by atoms with Crippen molar-refractivity contribution in [1.29, 1.82) is 0 Å². The van der Waals surface area contributed by atoms with Gasteiger partial charge in [0, 0.05) is 13.1 Å². The van der Waals surface area contributed by atoms with Crippen molar-refractivity contribution in [3.8, 4) is 0 Å². The summed E-state index contributed by atoms with van der Waals surface area (Å²) in [5, 5.41) is 15.5. The minimum atomic E-state index is -0.525. The van der Waals surface area contributed by atoms with Gasteiger partial charge in [-0.2, -0.15) is 0 Å². The van der Waals surface area contributed by atoms with Crippen molar-refractivity contribution >= 4 is 22.9 Å². The number of imidazole rings is 1. The van der Waals surface area contributed by atoms with Crippen molar-refractivity contribution in [2.45, 2.75) is 26.0 Å². The summed E-state index contributed by atoms with van der Waals surface area (Å²) in [6.07, 6.45) is 0.104. The van der Waals surface area contributed by atoms with Crippen LogP contribution >= 0.6 is 0 Å². The minimum Gasteiger partial charge on any atom is -0.392 e. The summed E-state index contributed by atoms with van der Waals surface area (Å²) in [4.78, 5) is 16.9. The number of anilines is 1. The molecule has 7 heteroatoms. The zero-order valence-corrected chi connectivity index (χ0v) is 15.2. The highest BCUT2D eigenvalue weighted by Gasteiger charge is 2.13. The van der Waals surface area contributed by atoms with Crippen LogP contribution in [-0.4, -0.2) is 39.8 Å². The lowest BCUT2D eigenvalue weighted by Crippen LogP contribution is -2.30. The fourth-order valence-corrected chi connectivity index (χ4v) is 2.81. The Kier molecular flexibility index (Phi) is 6.03. The number of carbonyl (C=O) groups is 1. The molecule has 0 saturated heterocycles. The summed E-state index contributed by atoms with van der Waals surface area (Å²) >= 11 is 0. The van der Waals surface area contributed by atoms with E-state index in [9.17, 15) is 14.3 Å². The molecule has 0 fully saturated rings. The smallest absolute Gasteiger partial charge is 0.240 e. The van der Waals surface area contributed by atoms with Gasteiger partial charge in [-0.05, 0) is 43.2 Å². The number of aliphatic hydroxyl groups excluding tert-OH is 1. The van der Waals surface area contributed by atoms with Crippen LogP contribution < -0.4 is 10.6 Å². The van der Waals surface area contributed by atoms with E-state index in [2.05, 4.69) is 15.6 Å². The molecule has 6 nitrogen and oxygen atoms in total. The molecule has 1 heterocycles. The van der Waals surface area contributed by atoms with E-state index >= 15 is 0 Å². The topological polar surface area (TPSA) is 79.2 Å². The van der Waals surface area contributed by atoms with Gasteiger partial charge in [-0.25, -0.2) is 9.37 Å². The zero-order valence-electron chi connectivity index (χ0n) is 15.2. The molecular weight excluding hydrogens is 347 g/mol. The average Bonchev–Trinajstić information content (AvgIpc) is 2.99. The van der Waals surface area contributed by atoms with Gasteiger partial charge >= 0.3 is 0 Å². The van der Waals surface area contributed by atoms with Crippen LogP contribution in [0.4, 0.5) is 10.3 Å². The highest BCUT2D eigenvalue weighted by molar-refractivity contribution is 5.83. The highest BCUT2D eigenvalue weighted by atomic mass is 19.1. The summed E-state index contributed by atoms with van der Waals surface area (Å²) in [7, 11) is 0. The molecule has 3 rings (SSSR count). The molecule has 27 heavy (non-hydrogen) atoms. The Hall–Kier alpha value is -2.93. The Labute approximate surface area is 157 Å². The third-order valence-corrected chi connectivity index (χ3v) is 4.16. The second kappa shape index (κ2) is 8.64. The van der Waals surface area contributed by atoms with Gasteiger partial charge in [0.1, 0.15) is 12.4 Å². The molecule has 0 spiro atoms. The van der Waals surface area contributed by atoms with E-state index in [0.717, 1.165) is 16.6 Å². The Morgan fingerprint density at radius 1 is 1.22 bits per heavy atom. The number of hydrogen-bond donors (Lipinski definition) is 3. The van der Waals surface area contributed by atoms with Crippen LogP contribution in [-0.2, 0) is 17.8 Å². The van der Waals surface area contributed by atoms with Crippen molar-refractivity contribution < 1.29 is 14.3 Å². The van der Waals surface area contributed by atoms with E-state index < -0.39 is 6.10 Å². The highest BCUT2D eigenvalue weighted by Crippen LogP contribution is 2.19. The molecule has 0 saturated carbocycles. The van der Waals surface area contributed by atoms with Gasteiger partial charge in [0.2, 0.25) is 11.9 Å². The van der Waals surface area contributed by atoms with E-state index in [-0.39, 0.29) is 18.3 Å². The zero-order chi connectivity index (χ0) is 19.2. The molecule has 2 aromatic carbocycles. The molecule has 0 radical (unpaired) electrons. The van der Waals surface area contributed by atoms with Crippen LogP contribution in [0, 0.1) is 5.82 Å². The molecule has 3 N–H and O–H groups in total. The predicted octanol–water partition coefficient (Wildman–Crippen LogP) is 2.33. The third-order valence-electron chi connectivity index (χ3n) is 4.16. The normalized spacial score (nSPS) is 12.1. The number of nitrogens with zero attached hydrogens (tertiary/aromatic N) is 2. The molecule has 142 valence electrons. The van der Waals surface area contributed by atoms with Gasteiger partial charge in [-0.1, -0.05) is 24.3 Å². The number of halogens is 1. The van der Waals surface area contributed by atoms with Crippen LogP contribution in [0.2, 0.25) is 0 Å². The van der Waals surface area contributed by atoms with Crippen LogP contribution in [0.1, 0.15) is 12.5 Å². The number of carbonyl (C=O) groups excluding carboxylic acids is 1. The Morgan fingerprint density at radius 2 is 1.96 bits per heavy atom. The summed E-state index contributed by atoms with van der Waals surface area (Å²) in [5.74, 6) is 0.137. The van der Waals surface area contributed by atoms with Gasteiger partial charge in [-0.3, -0.25) is 4.79 Å². The van der Waals surface area contributed by atoms with Gasteiger partial charge in [0.25, 0.3) is 0 Å². The second-order valence-electron chi connectivity index (χ2n) is 6.47. The largest absolute Gasteiger partial charge is 0.392 e. The second-order valence-corrected chi connectivity index (χ2v) is 6.47. The van der Waals surface area contributed by atoms with Crippen LogP contribution in [0.15, 0.2) is 48.5 Å². The number of amides is 1. The molecule has 1 aromatic heterocycles. The van der Waals surface area contributed by atoms with Gasteiger partial charge in [0.15, 0.2) is 0 Å². The Balaban J connectivity index is 1.64. The Morgan fingerprint density at radius 3 is 2.70 bits per heavy atom. The molecule has 0 unspecified atom stereocenters. The Bertz CT molecular complexity index is 906. The lowest BCUT2D eigenvalue weighted by atomic mass is 10.1. The molecule has 0 aliphatic rings. The van der Waals surface area contributed by atoms with E-state index in [4.69, 9.17) is 0 Å². The maximum Gasteiger partial charge on any atom is 0.240 e. The number of fused-ring (bicyclic) bond motifs is 1. The predicted molar refractivity (Wildman–Crippen MR) is 103 cm³/mol. The maximum absolute atomic E-state index is 12.9. The monoisotopic (exact) mass is 370 g/mol. The van der Waals surface area contributed by atoms with E-state index in [0.29, 0.717) is 25.5 Å². The maximum atomic E-state index is 12.9. The number of aromatic nitrogens is 2. The number of hydrogen-bond acceptors (Lipinski definition) is 4. The molecule has 3 aromatic rings. The van der Waals surface area contributed by atoms with E-state index in [1.807, 2.05) is 24.3 Å². The first kappa shape index (κ1) is 18.8. The van der Waals surface area contributed by atoms with Crippen LogP contribution in [0.3, 0.4) is 0 Å². The summed E-state index contributed by atoms with van der Waals surface area (Å²) in [6, 6.07) is 13.8. The van der Waals surface area contributed by atoms with Gasteiger partial charge in [0.05, 0.1) is 17.1 Å². The first-order chi connectivity index (χ1) is 13.0. The number of aliphatic hydroxyl groups is 1. The first-order valence-electron chi connectivity index (χ1n) is 8.91. The molecule has 0 aliphatic heterocycles. The molecule has 0 aliphatic carbocycles. The standard InChI is InChI=1S/C20H23FN4O2/c1-14(26)12-23-20-24-17-4-2-3-5-18(17)25(20)13-19(27)22-11-10-15-6-8-16(21)9-7-15/h2-9,14,26H,10-13H2,1H3,(H,22,27)(H,23,24)/t14-/m1/s1. The summed E-state index contributed by atoms with van der Waals surface area (Å²) < 4.78 is 14.7. The first-order valence-corrected chi connectivity index (χ1v) is 8.91. The van der Waals surface area contributed by atoms with Gasteiger partial charge < -0.3 is 20.3 Å². The van der Waals surface area contributed by atoms with E-state index in [1.54, 1.807) is 23.6 Å². The average molecular weight is 370 g/mol. The summed E-state index contributed by atoms with van der Waals surface area (Å²) in [5.41, 5.74) is 2.59. The van der Waals surface area contributed by atoms with E-state index in [1.165, 1.54) is 12.1 Å². The van der Waals surface area contributed by atoms with Crippen molar-refractivity contribution in [3.05, 3.63) is 59.9 Å². The molecule has 0 bridgehead atoms. The SMILES string of the molecule is C[C@@H](O)CNc1nc2ccccc2n1CC(=O)NCCc1ccc(F)cc1. The lowest BCUT2D eigenvalue weighted by molar-refractivity contribution is -0.121. The van der Waals surface area contributed by atoms with Crippen molar-refractivity contribution in [3.63, 3.8) is 0 Å². The number of nitrogens with one attached hydrogen (secondary N) is 2. The van der Waals surface area contributed by atoms with Crippen molar-refractivity contribution in [2.24, 2.45) is 0 Å².